The Morgan fingerprint density at radius 3 is 2.63 bits per heavy atom. The van der Waals surface area contributed by atoms with Gasteiger partial charge >= 0.3 is 0 Å². The zero-order chi connectivity index (χ0) is 13.9. The first-order valence-electron chi connectivity index (χ1n) is 6.92. The van der Waals surface area contributed by atoms with Crippen LogP contribution in [0.1, 0.15) is 25.3 Å². The summed E-state index contributed by atoms with van der Waals surface area (Å²) in [5, 5.41) is 21.4. The second-order valence-electron chi connectivity index (χ2n) is 4.75. The van der Waals surface area contributed by atoms with Crippen molar-refractivity contribution < 1.29 is 10.2 Å². The van der Waals surface area contributed by atoms with E-state index in [1.165, 1.54) is 5.56 Å². The van der Waals surface area contributed by atoms with Crippen LogP contribution in [0, 0.1) is 0 Å². The summed E-state index contributed by atoms with van der Waals surface area (Å²) in [6.07, 6.45) is 3.03. The van der Waals surface area contributed by atoms with Crippen LogP contribution in [0.25, 0.3) is 0 Å². The Morgan fingerprint density at radius 2 is 1.95 bits per heavy atom. The van der Waals surface area contributed by atoms with E-state index in [-0.39, 0.29) is 0 Å². The second-order valence-corrected chi connectivity index (χ2v) is 5.97. The van der Waals surface area contributed by atoms with E-state index < -0.39 is 0 Å². The Bertz CT molecular complexity index is 329. The van der Waals surface area contributed by atoms with Gasteiger partial charge in [0.05, 0.1) is 0 Å². The molecule has 1 atom stereocenters. The van der Waals surface area contributed by atoms with E-state index in [9.17, 15) is 5.11 Å². The number of thioether (sulfide) groups is 1. The zero-order valence-corrected chi connectivity index (χ0v) is 12.5. The summed E-state index contributed by atoms with van der Waals surface area (Å²) < 4.78 is 0. The van der Waals surface area contributed by atoms with Gasteiger partial charge in [-0.2, -0.15) is 11.8 Å². The van der Waals surface area contributed by atoms with Gasteiger partial charge in [0, 0.05) is 24.9 Å². The fourth-order valence-corrected chi connectivity index (χ4v) is 2.59. The van der Waals surface area contributed by atoms with Crippen LogP contribution in [0.4, 0.5) is 0 Å². The van der Waals surface area contributed by atoms with E-state index in [2.05, 4.69) is 12.2 Å². The summed E-state index contributed by atoms with van der Waals surface area (Å²) >= 11 is 1.89. The van der Waals surface area contributed by atoms with Crippen LogP contribution >= 0.6 is 11.8 Å². The van der Waals surface area contributed by atoms with Crippen molar-refractivity contribution in [2.45, 2.75) is 32.2 Å². The normalized spacial score (nSPS) is 12.5. The Balaban J connectivity index is 2.04. The molecule has 0 aliphatic heterocycles. The number of benzene rings is 1. The number of hydrogen-bond acceptors (Lipinski definition) is 4. The first-order valence-corrected chi connectivity index (χ1v) is 8.07. The first kappa shape index (κ1) is 16.3. The minimum atomic E-state index is 0.295. The van der Waals surface area contributed by atoms with Gasteiger partial charge in [-0.25, -0.2) is 0 Å². The summed E-state index contributed by atoms with van der Waals surface area (Å²) in [5.41, 5.74) is 1.27. The summed E-state index contributed by atoms with van der Waals surface area (Å²) in [6, 6.07) is 7.95. The number of aliphatic hydroxyl groups excluding tert-OH is 1. The molecule has 4 heteroatoms. The molecular weight excluding hydrogens is 258 g/mol. The molecule has 1 rings (SSSR count). The van der Waals surface area contributed by atoms with Gasteiger partial charge in [0.15, 0.2) is 0 Å². The topological polar surface area (TPSA) is 52.5 Å². The first-order chi connectivity index (χ1) is 9.22. The molecule has 0 saturated carbocycles. The van der Waals surface area contributed by atoms with Crippen LogP contribution in [0.15, 0.2) is 24.3 Å². The van der Waals surface area contributed by atoms with Gasteiger partial charge in [-0.05, 0) is 49.6 Å². The Kier molecular flexibility index (Phi) is 8.71. The van der Waals surface area contributed by atoms with Crippen molar-refractivity contribution in [2.24, 2.45) is 0 Å². The minimum absolute atomic E-state index is 0.295. The molecule has 0 spiro atoms. The van der Waals surface area contributed by atoms with E-state index in [1.807, 2.05) is 23.9 Å². The lowest BCUT2D eigenvalue weighted by Gasteiger charge is -2.13. The lowest BCUT2D eigenvalue weighted by Crippen LogP contribution is -2.28. The molecule has 3 N–H and O–H groups in total. The molecule has 0 amide bonds. The van der Waals surface area contributed by atoms with E-state index in [4.69, 9.17) is 5.11 Å². The van der Waals surface area contributed by atoms with Crippen molar-refractivity contribution in [3.63, 3.8) is 0 Å². The maximum Gasteiger partial charge on any atom is 0.115 e. The molecular formula is C15H25NO2S. The molecule has 0 bridgehead atoms. The second kappa shape index (κ2) is 10.1. The Labute approximate surface area is 120 Å². The number of phenols is 1. The van der Waals surface area contributed by atoms with Crippen LogP contribution in [-0.4, -0.2) is 40.9 Å². The molecule has 1 unspecified atom stereocenters. The van der Waals surface area contributed by atoms with E-state index in [0.717, 1.165) is 37.3 Å². The van der Waals surface area contributed by atoms with Gasteiger partial charge in [0.2, 0.25) is 0 Å². The van der Waals surface area contributed by atoms with Crippen molar-refractivity contribution in [1.29, 1.82) is 0 Å². The van der Waals surface area contributed by atoms with Crippen LogP contribution in [0.3, 0.4) is 0 Å². The highest BCUT2D eigenvalue weighted by Gasteiger charge is 2.02. The van der Waals surface area contributed by atoms with Crippen LogP contribution in [-0.2, 0) is 6.42 Å². The number of rotatable bonds is 10. The van der Waals surface area contributed by atoms with Gasteiger partial charge in [0.1, 0.15) is 5.75 Å². The standard InChI is InChI=1S/C15H25NO2S/c1-13(16-9-12-19-11-2-10-17)3-4-14-5-7-15(18)8-6-14/h5-8,13,16-18H,2-4,9-12H2,1H3. The third-order valence-electron chi connectivity index (χ3n) is 2.99. The predicted octanol–water partition coefficient (Wildman–Crippen LogP) is 2.42. The molecule has 1 aromatic carbocycles. The number of nitrogens with one attached hydrogen (secondary N) is 1. The summed E-state index contributed by atoms with van der Waals surface area (Å²) in [5.74, 6) is 2.47. The summed E-state index contributed by atoms with van der Waals surface area (Å²) in [6.45, 7) is 3.52. The minimum Gasteiger partial charge on any atom is -0.508 e. The third kappa shape index (κ3) is 8.14. The molecule has 3 nitrogen and oxygen atoms in total. The van der Waals surface area contributed by atoms with Crippen LogP contribution in [0.2, 0.25) is 0 Å². The average molecular weight is 283 g/mol. The number of aryl methyl sites for hydroxylation is 1. The van der Waals surface area contributed by atoms with Crippen molar-refractivity contribution in [1.82, 2.24) is 5.32 Å². The molecule has 0 radical (unpaired) electrons. The number of phenolic OH excluding ortho intramolecular Hbond substituents is 1. The van der Waals surface area contributed by atoms with E-state index >= 15 is 0 Å². The molecule has 0 heterocycles. The van der Waals surface area contributed by atoms with Crippen LogP contribution < -0.4 is 5.32 Å². The largest absolute Gasteiger partial charge is 0.508 e. The lowest BCUT2D eigenvalue weighted by molar-refractivity contribution is 0.296. The number of aromatic hydroxyl groups is 1. The fourth-order valence-electron chi connectivity index (χ4n) is 1.79. The van der Waals surface area contributed by atoms with Gasteiger partial charge < -0.3 is 15.5 Å². The van der Waals surface area contributed by atoms with Crippen molar-refractivity contribution in [3.05, 3.63) is 29.8 Å². The van der Waals surface area contributed by atoms with Gasteiger partial charge in [-0.1, -0.05) is 12.1 Å². The maximum atomic E-state index is 9.21. The van der Waals surface area contributed by atoms with Crippen LogP contribution in [0.5, 0.6) is 5.75 Å². The molecule has 1 aromatic rings. The number of hydrogen-bond donors (Lipinski definition) is 3. The molecule has 0 saturated heterocycles. The zero-order valence-electron chi connectivity index (χ0n) is 11.6. The molecule has 0 aromatic heterocycles. The van der Waals surface area contributed by atoms with Crippen molar-refractivity contribution >= 4 is 11.8 Å². The van der Waals surface area contributed by atoms with Gasteiger partial charge in [-0.3, -0.25) is 0 Å². The van der Waals surface area contributed by atoms with Crippen molar-refractivity contribution in [2.75, 3.05) is 24.7 Å². The number of aliphatic hydroxyl groups is 1. The average Bonchev–Trinajstić information content (AvgIpc) is 2.42. The molecule has 0 fully saturated rings. The molecule has 108 valence electrons. The lowest BCUT2D eigenvalue weighted by atomic mass is 10.1. The smallest absolute Gasteiger partial charge is 0.115 e. The summed E-state index contributed by atoms with van der Waals surface area (Å²) in [4.78, 5) is 0. The Morgan fingerprint density at radius 1 is 1.21 bits per heavy atom. The predicted molar refractivity (Wildman–Crippen MR) is 82.9 cm³/mol. The Hall–Kier alpha value is -0.710. The van der Waals surface area contributed by atoms with Gasteiger partial charge in [-0.15, -0.1) is 0 Å². The van der Waals surface area contributed by atoms with E-state index in [1.54, 1.807) is 12.1 Å². The maximum absolute atomic E-state index is 9.21. The molecule has 19 heavy (non-hydrogen) atoms. The van der Waals surface area contributed by atoms with Crippen molar-refractivity contribution in [3.8, 4) is 5.75 Å². The molecule has 0 aliphatic carbocycles. The molecule has 0 aliphatic rings. The van der Waals surface area contributed by atoms with E-state index in [0.29, 0.717) is 18.4 Å². The SMILES string of the molecule is CC(CCc1ccc(O)cc1)NCCSCCCO. The quantitative estimate of drug-likeness (QED) is 0.577. The highest BCUT2D eigenvalue weighted by molar-refractivity contribution is 7.99. The monoisotopic (exact) mass is 283 g/mol. The summed E-state index contributed by atoms with van der Waals surface area (Å²) in [7, 11) is 0. The van der Waals surface area contributed by atoms with Gasteiger partial charge in [0.25, 0.3) is 0 Å². The highest BCUT2D eigenvalue weighted by atomic mass is 32.2. The highest BCUT2D eigenvalue weighted by Crippen LogP contribution is 2.12. The third-order valence-corrected chi connectivity index (χ3v) is 4.06. The fraction of sp³-hybridized carbons (Fsp3) is 0.600.